The average Bonchev–Trinajstić information content (AvgIpc) is 2.76. The molecule has 0 bridgehead atoms. The molecule has 1 fully saturated rings. The van der Waals surface area contributed by atoms with Gasteiger partial charge in [-0.15, -0.1) is 0 Å². The molecule has 19 heavy (non-hydrogen) atoms. The van der Waals surface area contributed by atoms with Crippen LogP contribution in [0.2, 0.25) is 0 Å². The first-order valence-electron chi connectivity index (χ1n) is 6.82. The Kier molecular flexibility index (Phi) is 4.10. The molecule has 4 nitrogen and oxygen atoms in total. The Labute approximate surface area is 114 Å². The van der Waals surface area contributed by atoms with Crippen molar-refractivity contribution >= 4 is 11.6 Å². The number of aryl methyl sites for hydroxylation is 2. The Morgan fingerprint density at radius 2 is 2.11 bits per heavy atom. The van der Waals surface area contributed by atoms with Crippen LogP contribution < -0.4 is 11.1 Å². The van der Waals surface area contributed by atoms with E-state index in [9.17, 15) is 9.90 Å². The zero-order valence-electron chi connectivity index (χ0n) is 11.6. The van der Waals surface area contributed by atoms with Gasteiger partial charge in [0.05, 0.1) is 6.10 Å². The number of nitrogens with one attached hydrogen (secondary N) is 1. The molecule has 0 aliphatic heterocycles. The number of benzene rings is 1. The summed E-state index contributed by atoms with van der Waals surface area (Å²) in [5.41, 5.74) is 9.02. The van der Waals surface area contributed by atoms with E-state index in [4.69, 9.17) is 5.73 Å². The summed E-state index contributed by atoms with van der Waals surface area (Å²) < 4.78 is 0. The van der Waals surface area contributed by atoms with E-state index in [0.29, 0.717) is 17.8 Å². The smallest absolute Gasteiger partial charge is 0.251 e. The highest BCUT2D eigenvalue weighted by molar-refractivity contribution is 5.96. The number of nitrogen functional groups attached to an aromatic ring is 1. The van der Waals surface area contributed by atoms with Gasteiger partial charge < -0.3 is 16.2 Å². The molecule has 1 aromatic carbocycles. The lowest BCUT2D eigenvalue weighted by Crippen LogP contribution is -2.32. The monoisotopic (exact) mass is 262 g/mol. The number of hydrogen-bond acceptors (Lipinski definition) is 3. The van der Waals surface area contributed by atoms with Crippen LogP contribution in [0.1, 0.15) is 40.7 Å². The summed E-state index contributed by atoms with van der Waals surface area (Å²) in [5.74, 6) is 0.0790. The molecule has 1 aliphatic carbocycles. The van der Waals surface area contributed by atoms with E-state index >= 15 is 0 Å². The van der Waals surface area contributed by atoms with Gasteiger partial charge in [-0.05, 0) is 43.9 Å². The fourth-order valence-corrected chi connectivity index (χ4v) is 2.69. The Morgan fingerprint density at radius 3 is 2.74 bits per heavy atom. The molecular formula is C15H22N2O2. The Balaban J connectivity index is 2.02. The standard InChI is InChI=1S/C15H22N2O2/c1-9-6-10(2)13(16)7-12(9)15(19)17-8-11-4-3-5-14(11)18/h6-7,11,14,18H,3-5,8,16H2,1-2H3,(H,17,19). The minimum atomic E-state index is -0.274. The van der Waals surface area contributed by atoms with E-state index in [0.717, 1.165) is 30.4 Å². The summed E-state index contributed by atoms with van der Waals surface area (Å²) in [7, 11) is 0. The van der Waals surface area contributed by atoms with Gasteiger partial charge in [-0.2, -0.15) is 0 Å². The maximum atomic E-state index is 12.1. The minimum absolute atomic E-state index is 0.108. The van der Waals surface area contributed by atoms with Crippen LogP contribution in [0.15, 0.2) is 12.1 Å². The molecule has 4 N–H and O–H groups in total. The van der Waals surface area contributed by atoms with Gasteiger partial charge in [-0.25, -0.2) is 0 Å². The van der Waals surface area contributed by atoms with E-state index < -0.39 is 0 Å². The Bertz CT molecular complexity index is 485. The lowest BCUT2D eigenvalue weighted by atomic mass is 10.0. The van der Waals surface area contributed by atoms with E-state index in [2.05, 4.69) is 5.32 Å². The molecule has 1 aromatic rings. The van der Waals surface area contributed by atoms with Crippen LogP contribution in [-0.2, 0) is 0 Å². The molecule has 0 radical (unpaired) electrons. The Hall–Kier alpha value is -1.55. The number of amides is 1. The number of aliphatic hydroxyl groups excluding tert-OH is 1. The number of aliphatic hydroxyl groups is 1. The SMILES string of the molecule is Cc1cc(C)c(C(=O)NCC2CCCC2O)cc1N. The van der Waals surface area contributed by atoms with Gasteiger partial charge in [0.1, 0.15) is 0 Å². The molecule has 2 rings (SSSR count). The number of carbonyl (C=O) groups excluding carboxylic acids is 1. The molecular weight excluding hydrogens is 240 g/mol. The predicted molar refractivity (Wildman–Crippen MR) is 76.0 cm³/mol. The van der Waals surface area contributed by atoms with Crippen molar-refractivity contribution in [3.8, 4) is 0 Å². The lowest BCUT2D eigenvalue weighted by molar-refractivity contribution is 0.0916. The van der Waals surface area contributed by atoms with E-state index in [1.54, 1.807) is 6.07 Å². The molecule has 0 spiro atoms. The zero-order chi connectivity index (χ0) is 14.0. The number of carbonyl (C=O) groups is 1. The van der Waals surface area contributed by atoms with Crippen LogP contribution in [0.3, 0.4) is 0 Å². The first-order chi connectivity index (χ1) is 8.99. The molecule has 1 aliphatic rings. The summed E-state index contributed by atoms with van der Waals surface area (Å²) in [6.07, 6.45) is 2.59. The molecule has 0 aromatic heterocycles. The van der Waals surface area contributed by atoms with E-state index in [-0.39, 0.29) is 17.9 Å². The van der Waals surface area contributed by atoms with Crippen molar-refractivity contribution in [2.45, 2.75) is 39.2 Å². The van der Waals surface area contributed by atoms with Gasteiger partial charge in [0.2, 0.25) is 0 Å². The van der Waals surface area contributed by atoms with Gasteiger partial charge >= 0.3 is 0 Å². The summed E-state index contributed by atoms with van der Waals surface area (Å²) in [4.78, 5) is 12.1. The predicted octanol–water partition coefficient (Wildman–Crippen LogP) is 1.78. The van der Waals surface area contributed by atoms with Crippen LogP contribution in [0.5, 0.6) is 0 Å². The molecule has 0 saturated heterocycles. The normalized spacial score (nSPS) is 22.5. The maximum Gasteiger partial charge on any atom is 0.251 e. The second-order valence-electron chi connectivity index (χ2n) is 5.49. The van der Waals surface area contributed by atoms with E-state index in [1.807, 2.05) is 19.9 Å². The van der Waals surface area contributed by atoms with Gasteiger partial charge in [0.15, 0.2) is 0 Å². The lowest BCUT2D eigenvalue weighted by Gasteiger charge is -2.16. The fraction of sp³-hybridized carbons (Fsp3) is 0.533. The number of rotatable bonds is 3. The summed E-state index contributed by atoms with van der Waals surface area (Å²) >= 11 is 0. The van der Waals surface area contributed by atoms with Gasteiger partial charge in [0, 0.05) is 23.7 Å². The molecule has 2 atom stereocenters. The third-order valence-corrected chi connectivity index (χ3v) is 4.00. The van der Waals surface area contributed by atoms with Gasteiger partial charge in [-0.1, -0.05) is 12.5 Å². The number of nitrogens with two attached hydrogens (primary N) is 1. The molecule has 2 unspecified atom stereocenters. The van der Waals surface area contributed by atoms with Crippen LogP contribution >= 0.6 is 0 Å². The van der Waals surface area contributed by atoms with Crippen LogP contribution in [0.4, 0.5) is 5.69 Å². The molecule has 104 valence electrons. The first kappa shape index (κ1) is 13.9. The third-order valence-electron chi connectivity index (χ3n) is 4.00. The second-order valence-corrected chi connectivity index (χ2v) is 5.49. The third kappa shape index (κ3) is 3.07. The molecule has 1 amide bonds. The largest absolute Gasteiger partial charge is 0.398 e. The highest BCUT2D eigenvalue weighted by Gasteiger charge is 2.25. The number of hydrogen-bond donors (Lipinski definition) is 3. The topological polar surface area (TPSA) is 75.3 Å². The van der Waals surface area contributed by atoms with Crippen LogP contribution in [-0.4, -0.2) is 23.7 Å². The van der Waals surface area contributed by atoms with Crippen molar-refractivity contribution in [3.63, 3.8) is 0 Å². The molecule has 1 saturated carbocycles. The maximum absolute atomic E-state index is 12.1. The second kappa shape index (κ2) is 5.61. The van der Waals surface area contributed by atoms with Crippen molar-refractivity contribution < 1.29 is 9.90 Å². The Morgan fingerprint density at radius 1 is 1.37 bits per heavy atom. The highest BCUT2D eigenvalue weighted by atomic mass is 16.3. The van der Waals surface area contributed by atoms with Crippen LogP contribution in [0, 0.1) is 19.8 Å². The summed E-state index contributed by atoms with van der Waals surface area (Å²) in [5, 5.41) is 12.6. The van der Waals surface area contributed by atoms with Crippen molar-refractivity contribution in [3.05, 3.63) is 28.8 Å². The quantitative estimate of drug-likeness (QED) is 0.727. The van der Waals surface area contributed by atoms with Crippen molar-refractivity contribution in [1.29, 1.82) is 0 Å². The zero-order valence-corrected chi connectivity index (χ0v) is 11.6. The first-order valence-corrected chi connectivity index (χ1v) is 6.82. The van der Waals surface area contributed by atoms with Crippen molar-refractivity contribution in [2.24, 2.45) is 5.92 Å². The molecule has 4 heteroatoms. The summed E-state index contributed by atoms with van der Waals surface area (Å²) in [6.45, 7) is 4.37. The van der Waals surface area contributed by atoms with Crippen molar-refractivity contribution in [2.75, 3.05) is 12.3 Å². The van der Waals surface area contributed by atoms with Crippen molar-refractivity contribution in [1.82, 2.24) is 5.32 Å². The van der Waals surface area contributed by atoms with Gasteiger partial charge in [0.25, 0.3) is 5.91 Å². The number of anilines is 1. The molecule has 0 heterocycles. The minimum Gasteiger partial charge on any atom is -0.398 e. The van der Waals surface area contributed by atoms with Gasteiger partial charge in [-0.3, -0.25) is 4.79 Å². The highest BCUT2D eigenvalue weighted by Crippen LogP contribution is 2.25. The fourth-order valence-electron chi connectivity index (χ4n) is 2.69. The van der Waals surface area contributed by atoms with Crippen LogP contribution in [0.25, 0.3) is 0 Å². The summed E-state index contributed by atoms with van der Waals surface area (Å²) in [6, 6.07) is 3.65. The average molecular weight is 262 g/mol. The van der Waals surface area contributed by atoms with E-state index in [1.165, 1.54) is 0 Å².